The Morgan fingerprint density at radius 1 is 1.24 bits per heavy atom. The van der Waals surface area contributed by atoms with E-state index in [-0.39, 0.29) is 0 Å². The Balaban J connectivity index is 2.71. The lowest BCUT2D eigenvalue weighted by Crippen LogP contribution is -2.04. The third kappa shape index (κ3) is 2.34. The summed E-state index contributed by atoms with van der Waals surface area (Å²) in [5.74, 6) is 0. The molecular formula is C12H10F3NS. The van der Waals surface area contributed by atoms with Gasteiger partial charge in [0.2, 0.25) is 0 Å². The fourth-order valence-electron chi connectivity index (χ4n) is 1.67. The maximum atomic E-state index is 12.5. The Bertz CT molecular complexity index is 613. The molecule has 0 aliphatic carbocycles. The number of rotatable bonds is 1. The van der Waals surface area contributed by atoms with E-state index in [1.807, 2.05) is 6.92 Å². The minimum atomic E-state index is -4.33. The number of nitrogens with one attached hydrogen (secondary N) is 1. The van der Waals surface area contributed by atoms with Gasteiger partial charge in [-0.2, -0.15) is 13.2 Å². The Hall–Kier alpha value is -1.36. The van der Waals surface area contributed by atoms with E-state index in [0.29, 0.717) is 15.4 Å². The molecule has 0 amide bonds. The molecule has 0 unspecified atom stereocenters. The first-order valence-electron chi connectivity index (χ1n) is 5.15. The number of halogens is 3. The Labute approximate surface area is 101 Å². The van der Waals surface area contributed by atoms with Crippen molar-refractivity contribution in [2.75, 3.05) is 0 Å². The second-order valence-corrected chi connectivity index (χ2v) is 4.21. The van der Waals surface area contributed by atoms with Gasteiger partial charge in [0.15, 0.2) is 0 Å². The van der Waals surface area contributed by atoms with Gasteiger partial charge in [0.1, 0.15) is 0 Å². The number of hydrogen-bond donors (Lipinski definition) is 1. The van der Waals surface area contributed by atoms with Crippen molar-refractivity contribution in [1.82, 2.24) is 4.98 Å². The van der Waals surface area contributed by atoms with Crippen LogP contribution in [0.4, 0.5) is 13.2 Å². The molecule has 1 N–H and O–H groups in total. The van der Waals surface area contributed by atoms with Crippen molar-refractivity contribution in [1.29, 1.82) is 0 Å². The van der Waals surface area contributed by atoms with Crippen LogP contribution in [0.3, 0.4) is 0 Å². The monoisotopic (exact) mass is 257 g/mol. The summed E-state index contributed by atoms with van der Waals surface area (Å²) in [6, 6.07) is 5.28. The second-order valence-electron chi connectivity index (χ2n) is 3.77. The van der Waals surface area contributed by atoms with E-state index < -0.39 is 11.7 Å². The van der Waals surface area contributed by atoms with Crippen molar-refractivity contribution in [3.05, 3.63) is 40.0 Å². The minimum absolute atomic E-state index is 0.437. The first-order valence-corrected chi connectivity index (χ1v) is 5.56. The summed E-state index contributed by atoms with van der Waals surface area (Å²) in [7, 11) is 0. The number of alkyl halides is 3. The number of pyridine rings is 1. The molecule has 0 spiro atoms. The maximum absolute atomic E-state index is 12.5. The first kappa shape index (κ1) is 12.1. The predicted octanol–water partition coefficient (Wildman–Crippen LogP) is 4.48. The quantitative estimate of drug-likeness (QED) is 0.745. The van der Waals surface area contributed by atoms with Crippen LogP contribution in [0.25, 0.3) is 10.9 Å². The van der Waals surface area contributed by atoms with Gasteiger partial charge in [-0.05, 0) is 30.7 Å². The summed E-state index contributed by atoms with van der Waals surface area (Å²) in [6.07, 6.45) is -3.57. The van der Waals surface area contributed by atoms with E-state index in [1.165, 1.54) is 6.07 Å². The highest BCUT2D eigenvalue weighted by Crippen LogP contribution is 2.31. The smallest absolute Gasteiger partial charge is 0.358 e. The number of hydrogen-bond acceptors (Lipinski definition) is 1. The van der Waals surface area contributed by atoms with Crippen LogP contribution < -0.4 is 0 Å². The molecule has 0 bridgehead atoms. The van der Waals surface area contributed by atoms with Crippen LogP contribution in [0.1, 0.15) is 18.2 Å². The molecule has 0 aliphatic heterocycles. The van der Waals surface area contributed by atoms with Crippen LogP contribution in [-0.2, 0) is 12.6 Å². The molecule has 0 fully saturated rings. The third-order valence-electron chi connectivity index (χ3n) is 2.59. The van der Waals surface area contributed by atoms with Gasteiger partial charge >= 0.3 is 6.18 Å². The Kier molecular flexibility index (Phi) is 2.95. The van der Waals surface area contributed by atoms with Crippen LogP contribution in [-0.4, -0.2) is 4.98 Å². The van der Waals surface area contributed by atoms with Crippen LogP contribution >= 0.6 is 12.2 Å². The van der Waals surface area contributed by atoms with Gasteiger partial charge in [-0.25, -0.2) is 0 Å². The average molecular weight is 257 g/mol. The highest BCUT2D eigenvalue weighted by atomic mass is 32.1. The van der Waals surface area contributed by atoms with Crippen molar-refractivity contribution in [2.24, 2.45) is 0 Å². The lowest BCUT2D eigenvalue weighted by atomic mass is 10.1. The maximum Gasteiger partial charge on any atom is 0.416 e. The molecular weight excluding hydrogens is 247 g/mol. The van der Waals surface area contributed by atoms with Crippen molar-refractivity contribution >= 4 is 23.1 Å². The fraction of sp³-hybridized carbons (Fsp3) is 0.250. The van der Waals surface area contributed by atoms with Crippen molar-refractivity contribution in [2.45, 2.75) is 19.5 Å². The van der Waals surface area contributed by atoms with E-state index >= 15 is 0 Å². The number of fused-ring (bicyclic) bond motifs is 1. The van der Waals surface area contributed by atoms with Crippen molar-refractivity contribution in [3.8, 4) is 0 Å². The zero-order valence-corrected chi connectivity index (χ0v) is 9.88. The van der Waals surface area contributed by atoms with Crippen molar-refractivity contribution in [3.63, 3.8) is 0 Å². The summed E-state index contributed by atoms with van der Waals surface area (Å²) in [5.41, 5.74) is 0.887. The first-order chi connectivity index (χ1) is 7.91. The zero-order valence-electron chi connectivity index (χ0n) is 9.06. The summed E-state index contributed by atoms with van der Waals surface area (Å²) in [6.45, 7) is 1.95. The normalized spacial score (nSPS) is 12.0. The Morgan fingerprint density at radius 2 is 1.94 bits per heavy atom. The van der Waals surface area contributed by atoms with E-state index in [2.05, 4.69) is 4.98 Å². The lowest BCUT2D eigenvalue weighted by molar-refractivity contribution is -0.137. The molecule has 0 saturated heterocycles. The predicted molar refractivity (Wildman–Crippen MR) is 63.5 cm³/mol. The van der Waals surface area contributed by atoms with Gasteiger partial charge in [0, 0.05) is 21.1 Å². The fourth-order valence-corrected chi connectivity index (χ4v) is 1.98. The highest BCUT2D eigenvalue weighted by molar-refractivity contribution is 7.71. The molecule has 1 heterocycles. The largest absolute Gasteiger partial charge is 0.416 e. The van der Waals surface area contributed by atoms with Crippen LogP contribution in [0.15, 0.2) is 24.3 Å². The molecule has 1 nitrogen and oxygen atoms in total. The molecule has 1 aromatic carbocycles. The van der Waals surface area contributed by atoms with Gasteiger partial charge < -0.3 is 4.98 Å². The zero-order chi connectivity index (χ0) is 12.6. The van der Waals surface area contributed by atoms with Crippen LogP contribution in [0.2, 0.25) is 0 Å². The molecule has 17 heavy (non-hydrogen) atoms. The lowest BCUT2D eigenvalue weighted by Gasteiger charge is -2.08. The number of aryl methyl sites for hydroxylation is 1. The van der Waals surface area contributed by atoms with Gasteiger partial charge in [0.25, 0.3) is 0 Å². The number of H-pyrrole nitrogens is 1. The molecule has 0 saturated carbocycles. The average Bonchev–Trinajstić information content (AvgIpc) is 2.27. The van der Waals surface area contributed by atoms with E-state index in [4.69, 9.17) is 12.2 Å². The summed E-state index contributed by atoms with van der Waals surface area (Å²) < 4.78 is 38.1. The topological polar surface area (TPSA) is 15.8 Å². The molecule has 1 aromatic heterocycles. The van der Waals surface area contributed by atoms with Gasteiger partial charge in [-0.15, -0.1) is 0 Å². The third-order valence-corrected chi connectivity index (χ3v) is 2.93. The summed E-state index contributed by atoms with van der Waals surface area (Å²) >= 11 is 5.10. The molecule has 2 aromatic rings. The number of aromatic nitrogens is 1. The van der Waals surface area contributed by atoms with Gasteiger partial charge in [-0.3, -0.25) is 0 Å². The van der Waals surface area contributed by atoms with E-state index in [9.17, 15) is 13.2 Å². The second kappa shape index (κ2) is 4.14. The van der Waals surface area contributed by atoms with Gasteiger partial charge in [-0.1, -0.05) is 19.1 Å². The number of aromatic amines is 1. The van der Waals surface area contributed by atoms with Crippen molar-refractivity contribution < 1.29 is 13.2 Å². The Morgan fingerprint density at radius 3 is 2.53 bits per heavy atom. The summed E-state index contributed by atoms with van der Waals surface area (Å²) in [4.78, 5) is 3.06. The molecule has 0 atom stereocenters. The molecule has 5 heteroatoms. The highest BCUT2D eigenvalue weighted by Gasteiger charge is 2.30. The minimum Gasteiger partial charge on any atom is -0.358 e. The SMILES string of the molecule is CCc1cc(=S)c2cc(C(F)(F)F)ccc2[nH]1. The van der Waals surface area contributed by atoms with Crippen LogP contribution in [0, 0.1) is 4.51 Å². The molecule has 0 aliphatic rings. The molecule has 2 rings (SSSR count). The number of benzene rings is 1. The standard InChI is InChI=1S/C12H10F3NS/c1-2-8-6-11(17)9-5-7(12(13,14)15)3-4-10(9)16-8/h3-6H,2H2,1H3,(H,16,17). The molecule has 90 valence electrons. The van der Waals surface area contributed by atoms with Gasteiger partial charge in [0.05, 0.1) is 5.56 Å². The van der Waals surface area contributed by atoms with Crippen LogP contribution in [0.5, 0.6) is 0 Å². The van der Waals surface area contributed by atoms with E-state index in [0.717, 1.165) is 24.2 Å². The molecule has 0 radical (unpaired) electrons. The van der Waals surface area contributed by atoms with E-state index in [1.54, 1.807) is 6.07 Å². The summed E-state index contributed by atoms with van der Waals surface area (Å²) in [5, 5.41) is 0.437.